The van der Waals surface area contributed by atoms with E-state index in [1.165, 1.54) is 4.52 Å². The van der Waals surface area contributed by atoms with Crippen molar-refractivity contribution in [2.75, 3.05) is 0 Å². The van der Waals surface area contributed by atoms with E-state index in [4.69, 9.17) is 0 Å². The first-order valence-corrected chi connectivity index (χ1v) is 9.52. The second-order valence-corrected chi connectivity index (χ2v) is 7.39. The summed E-state index contributed by atoms with van der Waals surface area (Å²) in [6.45, 7) is 0. The van der Waals surface area contributed by atoms with E-state index in [0.717, 1.165) is 10.5 Å². The molecule has 0 N–H and O–H groups in total. The molecule has 5 rings (SSSR count). The van der Waals surface area contributed by atoms with Gasteiger partial charge in [0.05, 0.1) is 16.6 Å². The van der Waals surface area contributed by atoms with Crippen LogP contribution in [0, 0.1) is 0 Å². The fourth-order valence-corrected chi connectivity index (χ4v) is 3.66. The molecule has 2 aromatic carbocycles. The summed E-state index contributed by atoms with van der Waals surface area (Å²) in [6.07, 6.45) is -4.64. The van der Waals surface area contributed by atoms with E-state index in [9.17, 15) is 13.2 Å². The van der Waals surface area contributed by atoms with Crippen LogP contribution >= 0.6 is 15.9 Å². The Bertz CT molecular complexity index is 1400. The van der Waals surface area contributed by atoms with Gasteiger partial charge in [-0.2, -0.15) is 17.7 Å². The van der Waals surface area contributed by atoms with Gasteiger partial charge in [0.1, 0.15) is 0 Å². The van der Waals surface area contributed by atoms with Gasteiger partial charge in [-0.25, -0.2) is 9.97 Å². The molecule has 0 fully saturated rings. The van der Waals surface area contributed by atoms with Gasteiger partial charge in [-0.15, -0.1) is 5.10 Å². The first-order chi connectivity index (χ1) is 14.4. The third-order valence-corrected chi connectivity index (χ3v) is 5.06. The van der Waals surface area contributed by atoms with Crippen LogP contribution in [0.5, 0.6) is 0 Å². The number of aromatic nitrogens is 6. The van der Waals surface area contributed by atoms with Crippen LogP contribution in [-0.2, 0) is 6.18 Å². The Morgan fingerprint density at radius 2 is 1.63 bits per heavy atom. The van der Waals surface area contributed by atoms with Crippen molar-refractivity contribution in [2.45, 2.75) is 6.18 Å². The lowest BCUT2D eigenvalue weighted by atomic mass is 10.1. The van der Waals surface area contributed by atoms with E-state index >= 15 is 0 Å². The first-order valence-electron chi connectivity index (χ1n) is 8.73. The van der Waals surface area contributed by atoms with Gasteiger partial charge in [-0.3, -0.25) is 0 Å². The molecular weight excluding hydrogens is 461 g/mol. The second kappa shape index (κ2) is 6.84. The predicted octanol–water partition coefficient (Wildman–Crippen LogP) is 5.18. The van der Waals surface area contributed by atoms with Crippen LogP contribution < -0.4 is 0 Å². The maximum atomic E-state index is 14.0. The topological polar surface area (TPSA) is 68.9 Å². The summed E-state index contributed by atoms with van der Waals surface area (Å²) in [5.41, 5.74) is 0.314. The van der Waals surface area contributed by atoms with Crippen molar-refractivity contribution in [1.82, 2.24) is 30.0 Å². The van der Waals surface area contributed by atoms with Gasteiger partial charge in [0.2, 0.25) is 0 Å². The standard InChI is InChI=1S/C20H10BrF3N6/c21-13-8-4-7-12(9-13)18-26-17-16(19-27-28-29-30(18)19)14(20(22,23)24)10-15(25-17)11-5-2-1-3-6-11/h1-10H. The molecule has 30 heavy (non-hydrogen) atoms. The molecular formula is C20H10BrF3N6. The van der Waals surface area contributed by atoms with Crippen molar-refractivity contribution in [3.8, 4) is 22.6 Å². The highest BCUT2D eigenvalue weighted by Crippen LogP contribution is 2.38. The summed E-state index contributed by atoms with van der Waals surface area (Å²) in [4.78, 5) is 8.86. The third-order valence-electron chi connectivity index (χ3n) is 4.56. The zero-order chi connectivity index (χ0) is 20.9. The molecule has 0 unspecified atom stereocenters. The number of tetrazole rings is 1. The van der Waals surface area contributed by atoms with Gasteiger partial charge in [0.15, 0.2) is 17.1 Å². The number of hydrogen-bond acceptors (Lipinski definition) is 5. The molecule has 0 aliphatic carbocycles. The Hall–Kier alpha value is -3.40. The van der Waals surface area contributed by atoms with E-state index < -0.39 is 11.7 Å². The summed E-state index contributed by atoms with van der Waals surface area (Å²) in [5.74, 6) is 0.287. The van der Waals surface area contributed by atoms with E-state index in [-0.39, 0.29) is 28.2 Å². The van der Waals surface area contributed by atoms with E-state index in [1.807, 2.05) is 6.07 Å². The average molecular weight is 471 g/mol. The van der Waals surface area contributed by atoms with Gasteiger partial charge >= 0.3 is 6.18 Å². The Labute approximate surface area is 175 Å². The molecule has 0 aliphatic heterocycles. The van der Waals surface area contributed by atoms with Crippen molar-refractivity contribution in [1.29, 1.82) is 0 Å². The molecule has 0 bridgehead atoms. The van der Waals surface area contributed by atoms with Crippen LogP contribution in [-0.4, -0.2) is 30.0 Å². The quantitative estimate of drug-likeness (QED) is 0.355. The largest absolute Gasteiger partial charge is 0.417 e. The minimum absolute atomic E-state index is 0.0607. The summed E-state index contributed by atoms with van der Waals surface area (Å²) in [5, 5.41) is 11.0. The molecule has 0 atom stereocenters. The molecule has 3 aromatic heterocycles. The average Bonchev–Trinajstić information content (AvgIpc) is 3.22. The van der Waals surface area contributed by atoms with Gasteiger partial charge in [-0.1, -0.05) is 58.4 Å². The van der Waals surface area contributed by atoms with Crippen molar-refractivity contribution in [3.05, 3.63) is 70.7 Å². The smallest absolute Gasteiger partial charge is 0.228 e. The number of alkyl halides is 3. The highest BCUT2D eigenvalue weighted by Gasteiger charge is 2.36. The van der Waals surface area contributed by atoms with Gasteiger partial charge in [0, 0.05) is 15.6 Å². The molecule has 0 amide bonds. The highest BCUT2D eigenvalue weighted by atomic mass is 79.9. The zero-order valence-corrected chi connectivity index (χ0v) is 16.6. The maximum absolute atomic E-state index is 14.0. The van der Waals surface area contributed by atoms with Gasteiger partial charge < -0.3 is 0 Å². The van der Waals surface area contributed by atoms with Crippen LogP contribution in [0.4, 0.5) is 13.2 Å². The normalized spacial score (nSPS) is 12.0. The minimum atomic E-state index is -4.64. The molecule has 0 spiro atoms. The number of rotatable bonds is 2. The molecule has 6 nitrogen and oxygen atoms in total. The zero-order valence-electron chi connectivity index (χ0n) is 15.0. The Kier molecular flexibility index (Phi) is 4.24. The van der Waals surface area contributed by atoms with E-state index in [0.29, 0.717) is 11.1 Å². The lowest BCUT2D eigenvalue weighted by molar-refractivity contribution is -0.136. The monoisotopic (exact) mass is 470 g/mol. The maximum Gasteiger partial charge on any atom is 0.417 e. The number of benzene rings is 2. The van der Waals surface area contributed by atoms with Crippen molar-refractivity contribution in [2.24, 2.45) is 0 Å². The fourth-order valence-electron chi connectivity index (χ4n) is 3.26. The van der Waals surface area contributed by atoms with Crippen LogP contribution in [0.1, 0.15) is 5.56 Å². The molecule has 0 radical (unpaired) electrons. The van der Waals surface area contributed by atoms with Crippen LogP contribution in [0.3, 0.4) is 0 Å². The van der Waals surface area contributed by atoms with Crippen LogP contribution in [0.2, 0.25) is 0 Å². The minimum Gasteiger partial charge on any atom is -0.228 e. The van der Waals surface area contributed by atoms with Crippen molar-refractivity contribution >= 4 is 32.6 Å². The molecule has 0 saturated carbocycles. The SMILES string of the molecule is FC(F)(F)c1cc(-c2ccccc2)nc2nc(-c3cccc(Br)c3)n3nnnc3c12. The van der Waals surface area contributed by atoms with Crippen molar-refractivity contribution < 1.29 is 13.2 Å². The van der Waals surface area contributed by atoms with Crippen LogP contribution in [0.25, 0.3) is 39.3 Å². The summed E-state index contributed by atoms with van der Waals surface area (Å²) >= 11 is 3.39. The van der Waals surface area contributed by atoms with Gasteiger partial charge in [-0.05, 0) is 28.6 Å². The van der Waals surface area contributed by atoms with Gasteiger partial charge in [0.25, 0.3) is 0 Å². The highest BCUT2D eigenvalue weighted by molar-refractivity contribution is 9.10. The van der Waals surface area contributed by atoms with Crippen LogP contribution in [0.15, 0.2) is 65.1 Å². The number of fused-ring (bicyclic) bond motifs is 3. The molecule has 0 saturated heterocycles. The lowest BCUT2D eigenvalue weighted by Crippen LogP contribution is -2.10. The summed E-state index contributed by atoms with van der Waals surface area (Å²) in [6, 6.07) is 16.8. The molecule has 148 valence electrons. The predicted molar refractivity (Wildman–Crippen MR) is 107 cm³/mol. The number of pyridine rings is 1. The molecule has 5 aromatic rings. The number of hydrogen-bond donors (Lipinski definition) is 0. The van der Waals surface area contributed by atoms with Crippen molar-refractivity contribution in [3.63, 3.8) is 0 Å². The fraction of sp³-hybridized carbons (Fsp3) is 0.0500. The number of nitrogens with zero attached hydrogens (tertiary/aromatic N) is 6. The first kappa shape index (κ1) is 18.6. The summed E-state index contributed by atoms with van der Waals surface area (Å²) < 4.78 is 43.9. The molecule has 0 aliphatic rings. The number of halogens is 4. The Balaban J connectivity index is 1.91. The van der Waals surface area contributed by atoms with E-state index in [1.54, 1.807) is 48.5 Å². The Morgan fingerprint density at radius 3 is 2.37 bits per heavy atom. The molecule has 3 heterocycles. The third kappa shape index (κ3) is 3.09. The Morgan fingerprint density at radius 1 is 0.867 bits per heavy atom. The second-order valence-electron chi connectivity index (χ2n) is 6.48. The lowest BCUT2D eigenvalue weighted by Gasteiger charge is -2.14. The molecule has 10 heteroatoms. The summed E-state index contributed by atoms with van der Waals surface area (Å²) in [7, 11) is 0. The van der Waals surface area contributed by atoms with E-state index in [2.05, 4.69) is 41.4 Å².